The van der Waals surface area contributed by atoms with Crippen LogP contribution >= 0.6 is 22.7 Å². The Bertz CT molecular complexity index is 4600. The quantitative estimate of drug-likeness (QED) is 0.167. The molecule has 0 N–H and O–H groups in total. The smallest absolute Gasteiger partial charge is 0.164 e. The van der Waals surface area contributed by atoms with Crippen LogP contribution in [0.25, 0.3) is 146 Å². The molecule has 0 radical (unpaired) electrons. The number of hydrogen-bond acceptors (Lipinski definition) is 6. The lowest BCUT2D eigenvalue weighted by molar-refractivity contribution is 0.669. The fraction of sp³-hybridized carbons (Fsp3) is 0. The van der Waals surface area contributed by atoms with Crippen molar-refractivity contribution in [2.75, 3.05) is 0 Å². The van der Waals surface area contributed by atoms with Gasteiger partial charge in [-0.25, -0.2) is 15.0 Å². The Hall–Kier alpha value is -8.75. The number of rotatable bonds is 6. The highest BCUT2D eigenvalue weighted by Gasteiger charge is 2.21. The second kappa shape index (κ2) is 15.4. The highest BCUT2D eigenvalue weighted by molar-refractivity contribution is 7.26. The van der Waals surface area contributed by atoms with E-state index in [-0.39, 0.29) is 0 Å². The van der Waals surface area contributed by atoms with Crippen molar-refractivity contribution >= 4 is 107 Å². The minimum Gasteiger partial charge on any atom is -0.456 e. The fourth-order valence-electron chi connectivity index (χ4n) is 10.6. The Balaban J connectivity index is 0.885. The zero-order chi connectivity index (χ0) is 45.9. The van der Waals surface area contributed by atoms with Crippen molar-refractivity contribution in [3.8, 4) is 62.1 Å². The summed E-state index contributed by atoms with van der Waals surface area (Å²) in [6.07, 6.45) is 0. The van der Waals surface area contributed by atoms with Gasteiger partial charge in [0.1, 0.15) is 11.2 Å². The van der Waals surface area contributed by atoms with Gasteiger partial charge in [0.05, 0.1) is 11.0 Å². The monoisotopic (exact) mass is 928 g/mol. The highest BCUT2D eigenvalue weighted by Crippen LogP contribution is 2.44. The molecule has 0 saturated heterocycles. The van der Waals surface area contributed by atoms with E-state index in [0.29, 0.717) is 17.5 Å². The highest BCUT2D eigenvalue weighted by atomic mass is 32.1. The second-order valence-corrected chi connectivity index (χ2v) is 20.0. The van der Waals surface area contributed by atoms with E-state index in [1.54, 1.807) is 11.3 Å². The Morgan fingerprint density at radius 2 is 0.943 bits per heavy atom. The first-order valence-corrected chi connectivity index (χ1v) is 25.0. The Morgan fingerprint density at radius 1 is 0.329 bits per heavy atom. The van der Waals surface area contributed by atoms with Crippen LogP contribution in [0.3, 0.4) is 0 Å². The number of aromatic nitrogens is 4. The summed E-state index contributed by atoms with van der Waals surface area (Å²) >= 11 is 3.66. The Morgan fingerprint density at radius 3 is 1.79 bits per heavy atom. The van der Waals surface area contributed by atoms with Crippen LogP contribution < -0.4 is 0 Å². The molecule has 10 aromatic carbocycles. The average molecular weight is 929 g/mol. The predicted molar refractivity (Wildman–Crippen MR) is 294 cm³/mol. The minimum absolute atomic E-state index is 0.595. The molecule has 7 heteroatoms. The summed E-state index contributed by atoms with van der Waals surface area (Å²) in [5.41, 5.74) is 12.5. The third kappa shape index (κ3) is 6.12. The molecule has 5 heterocycles. The molecular weight excluding hydrogens is 893 g/mol. The van der Waals surface area contributed by atoms with Crippen LogP contribution in [0, 0.1) is 0 Å². The topological polar surface area (TPSA) is 56.7 Å². The summed E-state index contributed by atoms with van der Waals surface area (Å²) in [6, 6.07) is 78.0. The Kier molecular flexibility index (Phi) is 8.63. The van der Waals surface area contributed by atoms with Crippen LogP contribution in [-0.2, 0) is 0 Å². The van der Waals surface area contributed by atoms with E-state index < -0.39 is 0 Å². The lowest BCUT2D eigenvalue weighted by Crippen LogP contribution is -2.00. The van der Waals surface area contributed by atoms with Gasteiger partial charge in [-0.1, -0.05) is 152 Å². The van der Waals surface area contributed by atoms with E-state index in [0.717, 1.165) is 61.0 Å². The molecule has 0 aliphatic heterocycles. The van der Waals surface area contributed by atoms with E-state index in [1.807, 2.05) is 41.7 Å². The second-order valence-electron chi connectivity index (χ2n) is 17.9. The third-order valence-electron chi connectivity index (χ3n) is 13.9. The van der Waals surface area contributed by atoms with Gasteiger partial charge in [0, 0.05) is 84.3 Å². The number of fused-ring (bicyclic) bond motifs is 12. The van der Waals surface area contributed by atoms with Crippen LogP contribution in [0.1, 0.15) is 0 Å². The SMILES string of the molecule is c1ccc(-c2nc(-c3ccc4c(c3)sc3ccccc34)nc(-c3cccc4oc5ccc(-c6ccc7c(c6)c6ccc(-c8cccc9c8sc8ccccc89)cc6n7-c6ccccc6)cc5c34)n2)cc1. The first-order valence-electron chi connectivity index (χ1n) is 23.4. The molecule has 0 fully saturated rings. The minimum atomic E-state index is 0.595. The van der Waals surface area contributed by atoms with Crippen LogP contribution in [0.5, 0.6) is 0 Å². The van der Waals surface area contributed by atoms with Gasteiger partial charge in [-0.15, -0.1) is 22.7 Å². The molecule has 5 nitrogen and oxygen atoms in total. The average Bonchev–Trinajstić information content (AvgIpc) is 4.19. The van der Waals surface area contributed by atoms with Crippen molar-refractivity contribution in [3.63, 3.8) is 0 Å². The molecule has 0 amide bonds. The first-order chi connectivity index (χ1) is 34.7. The molecule has 0 saturated carbocycles. The number of benzene rings is 10. The molecule has 0 bridgehead atoms. The van der Waals surface area contributed by atoms with Gasteiger partial charge < -0.3 is 8.98 Å². The molecule has 0 unspecified atom stereocenters. The maximum atomic E-state index is 6.61. The molecule has 0 aliphatic rings. The van der Waals surface area contributed by atoms with Crippen LogP contribution in [0.15, 0.2) is 223 Å². The third-order valence-corrected chi connectivity index (χ3v) is 16.2. The van der Waals surface area contributed by atoms with E-state index in [1.165, 1.54) is 67.8 Å². The molecule has 5 aromatic heterocycles. The van der Waals surface area contributed by atoms with Gasteiger partial charge in [-0.05, 0) is 89.0 Å². The summed E-state index contributed by atoms with van der Waals surface area (Å²) in [5.74, 6) is 1.84. The standard InChI is InChI=1S/C63H36N4OS2/c1-3-13-37(14-4-1)61-64-62(41-26-30-47-45-17-7-9-23-56(45)69-58(47)36-41)66-63(65-61)49-21-12-22-55-59(49)51-34-39(28-32-54(51)68-55)38-27-31-52-50(33-38)44-29-25-40(35-53(44)67(52)42-15-5-2-6-16-42)43-19-11-20-48-46-18-8-10-24-57(46)70-60(43)48/h1-36H. The van der Waals surface area contributed by atoms with E-state index in [4.69, 9.17) is 19.4 Å². The number of furan rings is 1. The Labute approximate surface area is 408 Å². The normalized spacial score (nSPS) is 12.0. The first kappa shape index (κ1) is 39.3. The maximum Gasteiger partial charge on any atom is 0.164 e. The van der Waals surface area contributed by atoms with E-state index in [9.17, 15) is 0 Å². The van der Waals surface area contributed by atoms with Crippen LogP contribution in [0.4, 0.5) is 0 Å². The maximum absolute atomic E-state index is 6.61. The summed E-state index contributed by atoms with van der Waals surface area (Å²) in [7, 11) is 0. The summed E-state index contributed by atoms with van der Waals surface area (Å²) in [4.78, 5) is 15.6. The number of para-hydroxylation sites is 1. The van der Waals surface area contributed by atoms with Crippen molar-refractivity contribution in [1.29, 1.82) is 0 Å². The number of thiophene rings is 2. The van der Waals surface area contributed by atoms with Crippen molar-refractivity contribution < 1.29 is 4.42 Å². The van der Waals surface area contributed by atoms with Gasteiger partial charge in [0.25, 0.3) is 0 Å². The van der Waals surface area contributed by atoms with Gasteiger partial charge >= 0.3 is 0 Å². The molecule has 15 aromatic rings. The zero-order valence-electron chi connectivity index (χ0n) is 37.3. The van der Waals surface area contributed by atoms with Gasteiger partial charge in [0.15, 0.2) is 17.5 Å². The fourth-order valence-corrected chi connectivity index (χ4v) is 13.0. The molecule has 0 spiro atoms. The molecule has 326 valence electrons. The lowest BCUT2D eigenvalue weighted by atomic mass is 9.98. The summed E-state index contributed by atoms with van der Waals surface area (Å²) < 4.78 is 14.1. The largest absolute Gasteiger partial charge is 0.456 e. The van der Waals surface area contributed by atoms with Gasteiger partial charge in [0.2, 0.25) is 0 Å². The summed E-state index contributed by atoms with van der Waals surface area (Å²) in [5, 5.41) is 9.48. The predicted octanol–water partition coefficient (Wildman–Crippen LogP) is 17.9. The zero-order valence-corrected chi connectivity index (χ0v) is 38.9. The van der Waals surface area contributed by atoms with Crippen molar-refractivity contribution in [1.82, 2.24) is 19.5 Å². The lowest BCUT2D eigenvalue weighted by Gasteiger charge is -2.10. The van der Waals surface area contributed by atoms with Crippen molar-refractivity contribution in [3.05, 3.63) is 218 Å². The molecule has 70 heavy (non-hydrogen) atoms. The number of hydrogen-bond donors (Lipinski definition) is 0. The van der Waals surface area contributed by atoms with E-state index >= 15 is 0 Å². The van der Waals surface area contributed by atoms with Crippen LogP contribution in [0.2, 0.25) is 0 Å². The summed E-state index contributed by atoms with van der Waals surface area (Å²) in [6.45, 7) is 0. The molecule has 0 atom stereocenters. The molecule has 0 aliphatic carbocycles. The van der Waals surface area contributed by atoms with Gasteiger partial charge in [-0.3, -0.25) is 0 Å². The molecule has 15 rings (SSSR count). The van der Waals surface area contributed by atoms with E-state index in [2.05, 4.69) is 193 Å². The molecular formula is C63H36N4OS2. The van der Waals surface area contributed by atoms with Crippen molar-refractivity contribution in [2.24, 2.45) is 0 Å². The van der Waals surface area contributed by atoms with Crippen LogP contribution in [-0.4, -0.2) is 19.5 Å². The van der Waals surface area contributed by atoms with Crippen molar-refractivity contribution in [2.45, 2.75) is 0 Å². The van der Waals surface area contributed by atoms with Gasteiger partial charge in [-0.2, -0.15) is 0 Å². The number of nitrogens with zero attached hydrogens (tertiary/aromatic N) is 4.